The minimum Gasteiger partial charge on any atom is -0.508 e. The molecule has 0 heterocycles. The fourth-order valence-electron chi connectivity index (χ4n) is 6.03. The molecule has 4 N–H and O–H groups in total. The monoisotopic (exact) mass is 538 g/mol. The number of phenolic OH excluding ortho intramolecular Hbond substituents is 2. The number of phenols is 2. The summed E-state index contributed by atoms with van der Waals surface area (Å²) in [6.07, 6.45) is -1.92. The minimum absolute atomic E-state index is 0.00678. The maximum absolute atomic E-state index is 11.2. The second kappa shape index (κ2) is 11.2. The Morgan fingerprint density at radius 3 is 1.45 bits per heavy atom. The van der Waals surface area contributed by atoms with E-state index in [2.05, 4.69) is 61.8 Å². The average Bonchev–Trinajstić information content (AvgIpc) is 2.94. The molecule has 208 valence electrons. The topological polar surface area (TPSA) is 87.4 Å². The number of aryl methyl sites for hydroxylation is 2. The number of hydrogen-bond donors (Lipinski definition) is 4. The van der Waals surface area contributed by atoms with Gasteiger partial charge in [-0.25, -0.2) is 0 Å². The Morgan fingerprint density at radius 2 is 1.02 bits per heavy atom. The molecule has 6 nitrogen and oxygen atoms in total. The molecule has 4 aromatic carbocycles. The number of aliphatic hydroxyl groups excluding tert-OH is 2. The number of nitrogens with zero attached hydrogens (tertiary/aromatic N) is 2. The Bertz CT molecular complexity index is 1440. The van der Waals surface area contributed by atoms with Crippen LogP contribution in [0.1, 0.15) is 47.9 Å². The molecule has 0 aliphatic heterocycles. The maximum Gasteiger partial charge on any atom is 0.121 e. The van der Waals surface area contributed by atoms with Gasteiger partial charge in [0.2, 0.25) is 0 Å². The van der Waals surface area contributed by atoms with Crippen molar-refractivity contribution in [3.8, 4) is 11.5 Å². The van der Waals surface area contributed by atoms with Gasteiger partial charge in [0, 0.05) is 70.9 Å². The largest absolute Gasteiger partial charge is 0.508 e. The number of anilines is 4. The Hall–Kier alpha value is -4.00. The van der Waals surface area contributed by atoms with Crippen molar-refractivity contribution in [1.29, 1.82) is 0 Å². The van der Waals surface area contributed by atoms with Crippen LogP contribution in [0.2, 0.25) is 0 Å². The molecule has 1 aliphatic rings. The molecule has 0 spiro atoms. The quantitative estimate of drug-likeness (QED) is 0.201. The summed E-state index contributed by atoms with van der Waals surface area (Å²) in [5.41, 5.74) is 6.83. The molecule has 0 amide bonds. The lowest BCUT2D eigenvalue weighted by atomic mass is 9.63. The number of aromatic hydroxyl groups is 2. The highest BCUT2D eigenvalue weighted by Crippen LogP contribution is 2.53. The van der Waals surface area contributed by atoms with Crippen molar-refractivity contribution in [2.45, 2.75) is 51.7 Å². The van der Waals surface area contributed by atoms with Crippen LogP contribution in [0.4, 0.5) is 22.7 Å². The standard InChI is InChI=1S/C34H38N2O4/c1-5-35(6-2)23-15-17-25(29(37)19-23)31-33(39)32(34(31)40)26-18-16-24(20-30(26)38)36(27-13-9-7-11-21(27)3)28-14-10-8-12-22(28)4/h7-20,31-34,37-40H,5-6H2,1-4H3. The van der Waals surface area contributed by atoms with E-state index in [0.717, 1.165) is 47.0 Å². The molecule has 5 rings (SSSR count). The second-order valence-electron chi connectivity index (χ2n) is 10.6. The highest BCUT2D eigenvalue weighted by atomic mass is 16.3. The maximum atomic E-state index is 11.2. The minimum atomic E-state index is -0.958. The van der Waals surface area contributed by atoms with Gasteiger partial charge in [0.25, 0.3) is 0 Å². The lowest BCUT2D eigenvalue weighted by Crippen LogP contribution is -2.51. The van der Waals surface area contributed by atoms with Crippen molar-refractivity contribution in [2.75, 3.05) is 22.9 Å². The van der Waals surface area contributed by atoms with Gasteiger partial charge in [0.05, 0.1) is 12.2 Å². The molecule has 2 atom stereocenters. The first-order valence-corrected chi connectivity index (χ1v) is 13.9. The third kappa shape index (κ3) is 4.78. The first-order valence-electron chi connectivity index (χ1n) is 13.9. The summed E-state index contributed by atoms with van der Waals surface area (Å²) in [6.45, 7) is 9.84. The predicted molar refractivity (Wildman–Crippen MR) is 161 cm³/mol. The number of benzene rings is 4. The van der Waals surface area contributed by atoms with Crippen LogP contribution in [-0.4, -0.2) is 45.7 Å². The summed E-state index contributed by atoms with van der Waals surface area (Å²) in [7, 11) is 0. The van der Waals surface area contributed by atoms with Gasteiger partial charge in [0.1, 0.15) is 11.5 Å². The highest BCUT2D eigenvalue weighted by molar-refractivity contribution is 5.80. The van der Waals surface area contributed by atoms with Gasteiger partial charge >= 0.3 is 0 Å². The summed E-state index contributed by atoms with van der Waals surface area (Å²) >= 11 is 0. The van der Waals surface area contributed by atoms with Crippen LogP contribution in [0.15, 0.2) is 84.9 Å². The molecule has 1 fully saturated rings. The fourth-order valence-corrected chi connectivity index (χ4v) is 6.03. The van der Waals surface area contributed by atoms with Gasteiger partial charge in [-0.1, -0.05) is 48.5 Å². The van der Waals surface area contributed by atoms with Crippen LogP contribution in [0, 0.1) is 13.8 Å². The summed E-state index contributed by atoms with van der Waals surface area (Å²) in [5, 5.41) is 44.3. The summed E-state index contributed by atoms with van der Waals surface area (Å²) < 4.78 is 0. The zero-order chi connectivity index (χ0) is 28.6. The number of para-hydroxylation sites is 2. The Kier molecular flexibility index (Phi) is 7.74. The third-order valence-corrected chi connectivity index (χ3v) is 8.32. The van der Waals surface area contributed by atoms with E-state index in [-0.39, 0.29) is 11.5 Å². The van der Waals surface area contributed by atoms with Gasteiger partial charge in [-0.15, -0.1) is 0 Å². The first-order chi connectivity index (χ1) is 19.3. The lowest BCUT2D eigenvalue weighted by molar-refractivity contribution is -0.0797. The Morgan fingerprint density at radius 1 is 0.600 bits per heavy atom. The van der Waals surface area contributed by atoms with E-state index in [9.17, 15) is 20.4 Å². The van der Waals surface area contributed by atoms with Crippen molar-refractivity contribution in [1.82, 2.24) is 0 Å². The first kappa shape index (κ1) is 27.6. The van der Waals surface area contributed by atoms with Gasteiger partial charge in [-0.3, -0.25) is 0 Å². The van der Waals surface area contributed by atoms with Crippen molar-refractivity contribution >= 4 is 22.7 Å². The highest BCUT2D eigenvalue weighted by Gasteiger charge is 2.52. The molecule has 0 saturated heterocycles. The van der Waals surface area contributed by atoms with Gasteiger partial charge in [-0.05, 0) is 63.1 Å². The molecule has 6 heteroatoms. The molecule has 0 aromatic heterocycles. The predicted octanol–water partition coefficient (Wildman–Crippen LogP) is 6.63. The van der Waals surface area contributed by atoms with Gasteiger partial charge in [0.15, 0.2) is 0 Å². The normalized spacial score (nSPS) is 20.1. The Labute approximate surface area is 236 Å². The molecule has 4 aromatic rings. The van der Waals surface area contributed by atoms with Crippen LogP contribution >= 0.6 is 0 Å². The van der Waals surface area contributed by atoms with Gasteiger partial charge < -0.3 is 30.2 Å². The van der Waals surface area contributed by atoms with Crippen molar-refractivity contribution in [2.24, 2.45) is 0 Å². The summed E-state index contributed by atoms with van der Waals surface area (Å²) in [6, 6.07) is 27.0. The molecule has 0 radical (unpaired) electrons. The van der Waals surface area contributed by atoms with Crippen LogP contribution in [-0.2, 0) is 0 Å². The zero-order valence-electron chi connectivity index (χ0n) is 23.5. The van der Waals surface area contributed by atoms with Crippen molar-refractivity contribution in [3.05, 3.63) is 107 Å². The summed E-state index contributed by atoms with van der Waals surface area (Å²) in [5.74, 6) is -1.26. The Balaban J connectivity index is 1.46. The third-order valence-electron chi connectivity index (χ3n) is 8.32. The summed E-state index contributed by atoms with van der Waals surface area (Å²) in [4.78, 5) is 4.23. The van der Waals surface area contributed by atoms with Crippen molar-refractivity contribution < 1.29 is 20.4 Å². The molecular weight excluding hydrogens is 500 g/mol. The van der Waals surface area contributed by atoms with E-state index in [1.807, 2.05) is 36.4 Å². The van der Waals surface area contributed by atoms with Crippen LogP contribution in [0.3, 0.4) is 0 Å². The van der Waals surface area contributed by atoms with E-state index >= 15 is 0 Å². The van der Waals surface area contributed by atoms with E-state index in [1.165, 1.54) is 0 Å². The zero-order valence-corrected chi connectivity index (χ0v) is 23.5. The van der Waals surface area contributed by atoms with E-state index in [1.54, 1.807) is 24.3 Å². The molecule has 40 heavy (non-hydrogen) atoms. The number of rotatable bonds is 8. The average molecular weight is 539 g/mol. The second-order valence-corrected chi connectivity index (χ2v) is 10.6. The van der Waals surface area contributed by atoms with Gasteiger partial charge in [-0.2, -0.15) is 0 Å². The molecule has 1 saturated carbocycles. The van der Waals surface area contributed by atoms with Crippen LogP contribution < -0.4 is 9.80 Å². The number of aliphatic hydroxyl groups is 2. The molecule has 1 aliphatic carbocycles. The van der Waals surface area contributed by atoms with Crippen LogP contribution in [0.5, 0.6) is 11.5 Å². The fraction of sp³-hybridized carbons (Fsp3) is 0.294. The molecule has 0 bridgehead atoms. The van der Waals surface area contributed by atoms with E-state index in [0.29, 0.717) is 11.1 Å². The van der Waals surface area contributed by atoms with Crippen molar-refractivity contribution in [3.63, 3.8) is 0 Å². The van der Waals surface area contributed by atoms with Crippen LogP contribution in [0.25, 0.3) is 0 Å². The number of hydrogen-bond acceptors (Lipinski definition) is 6. The molecular formula is C34H38N2O4. The van der Waals surface area contributed by atoms with E-state index < -0.39 is 24.0 Å². The van der Waals surface area contributed by atoms with E-state index in [4.69, 9.17) is 0 Å². The SMILES string of the molecule is CCN(CC)c1ccc(C2C(O)C(c3ccc(N(c4ccccc4C)c4ccccc4C)cc3O)C2O)c(O)c1. The lowest BCUT2D eigenvalue weighted by Gasteiger charge is -2.47. The molecule has 2 unspecified atom stereocenters. The smallest absolute Gasteiger partial charge is 0.121 e.